The van der Waals surface area contributed by atoms with Gasteiger partial charge in [0.2, 0.25) is 0 Å². The molecule has 2 N–H and O–H groups in total. The molecule has 1 aliphatic carbocycles. The number of aromatic amines is 1. The third-order valence-electron chi connectivity index (χ3n) is 3.58. The molecule has 1 heterocycles. The Hall–Kier alpha value is -1.53. The molecule has 7 heteroatoms. The van der Waals surface area contributed by atoms with Crippen LogP contribution in [-0.4, -0.2) is 28.6 Å². The van der Waals surface area contributed by atoms with Gasteiger partial charge in [-0.15, -0.1) is 0 Å². The van der Waals surface area contributed by atoms with Crippen LogP contribution >= 0.6 is 0 Å². The molecule has 1 aromatic heterocycles. The predicted molar refractivity (Wildman–Crippen MR) is 67.2 cm³/mol. The Balaban J connectivity index is 1.79. The van der Waals surface area contributed by atoms with Crippen LogP contribution in [-0.2, 0) is 11.2 Å². The van der Waals surface area contributed by atoms with Gasteiger partial charge in [-0.1, -0.05) is 19.3 Å². The Bertz CT molecular complexity index is 450. The number of alkyl halides is 3. The number of amides is 1. The third kappa shape index (κ3) is 3.98. The summed E-state index contributed by atoms with van der Waals surface area (Å²) in [6, 6.07) is 0. The number of carbonyl (C=O) groups is 1. The van der Waals surface area contributed by atoms with Crippen LogP contribution in [0.4, 0.5) is 13.2 Å². The van der Waals surface area contributed by atoms with Crippen LogP contribution < -0.4 is 5.32 Å². The van der Waals surface area contributed by atoms with Gasteiger partial charge in [0, 0.05) is 30.8 Å². The van der Waals surface area contributed by atoms with Gasteiger partial charge in [-0.05, 0) is 12.8 Å². The summed E-state index contributed by atoms with van der Waals surface area (Å²) in [7, 11) is 0. The molecule has 2 rings (SSSR count). The zero-order chi connectivity index (χ0) is 14.6. The van der Waals surface area contributed by atoms with E-state index in [0.717, 1.165) is 24.4 Å². The highest BCUT2D eigenvalue weighted by Gasteiger charge is 2.38. The second-order valence-electron chi connectivity index (χ2n) is 5.13. The highest BCUT2D eigenvalue weighted by atomic mass is 19.4. The van der Waals surface area contributed by atoms with Gasteiger partial charge < -0.3 is 10.3 Å². The number of hydrogen-bond acceptors (Lipinski definition) is 2. The Morgan fingerprint density at radius 1 is 1.35 bits per heavy atom. The molecule has 0 aliphatic heterocycles. The molecular weight excluding hydrogens is 271 g/mol. The zero-order valence-corrected chi connectivity index (χ0v) is 11.1. The summed E-state index contributed by atoms with van der Waals surface area (Å²) in [5, 5.41) is 1.85. The molecule has 1 aliphatic rings. The van der Waals surface area contributed by atoms with Gasteiger partial charge in [-0.25, -0.2) is 4.98 Å². The van der Waals surface area contributed by atoms with E-state index in [0.29, 0.717) is 12.3 Å². The number of nitrogens with zero attached hydrogens (tertiary/aromatic N) is 1. The van der Waals surface area contributed by atoms with Gasteiger partial charge in [-0.2, -0.15) is 13.2 Å². The third-order valence-corrected chi connectivity index (χ3v) is 3.58. The second-order valence-corrected chi connectivity index (χ2v) is 5.13. The average molecular weight is 289 g/mol. The summed E-state index contributed by atoms with van der Waals surface area (Å²) in [6.45, 7) is -0.0509. The minimum absolute atomic E-state index is 0.0509. The van der Waals surface area contributed by atoms with Crippen molar-refractivity contribution >= 4 is 5.91 Å². The summed E-state index contributed by atoms with van der Waals surface area (Å²) in [6.07, 6.45) is 3.01. The van der Waals surface area contributed by atoms with Crippen molar-refractivity contribution in [3.63, 3.8) is 0 Å². The van der Waals surface area contributed by atoms with E-state index >= 15 is 0 Å². The summed E-state index contributed by atoms with van der Waals surface area (Å²) in [4.78, 5) is 18.1. The number of aromatic nitrogens is 2. The van der Waals surface area contributed by atoms with Crippen LogP contribution in [0.25, 0.3) is 0 Å². The van der Waals surface area contributed by atoms with Crippen LogP contribution in [0.5, 0.6) is 0 Å². The van der Waals surface area contributed by atoms with Crippen molar-refractivity contribution < 1.29 is 18.0 Å². The van der Waals surface area contributed by atoms with Crippen molar-refractivity contribution in [3.05, 3.63) is 17.7 Å². The molecule has 4 nitrogen and oxygen atoms in total. The van der Waals surface area contributed by atoms with Gasteiger partial charge in [-0.3, -0.25) is 4.79 Å². The van der Waals surface area contributed by atoms with Gasteiger partial charge in [0.05, 0.1) is 0 Å². The molecule has 0 radical (unpaired) electrons. The first-order valence-electron chi connectivity index (χ1n) is 6.85. The highest BCUT2D eigenvalue weighted by Crippen LogP contribution is 2.30. The number of hydrogen-bond donors (Lipinski definition) is 2. The molecule has 0 bridgehead atoms. The van der Waals surface area contributed by atoms with E-state index in [-0.39, 0.29) is 6.54 Å². The lowest BCUT2D eigenvalue weighted by molar-refractivity contribution is -0.173. The Morgan fingerprint density at radius 2 is 2.05 bits per heavy atom. The average Bonchev–Trinajstić information content (AvgIpc) is 2.87. The molecule has 112 valence electrons. The minimum atomic E-state index is -4.82. The maximum atomic E-state index is 12.0. The van der Waals surface area contributed by atoms with Gasteiger partial charge in [0.1, 0.15) is 5.82 Å². The summed E-state index contributed by atoms with van der Waals surface area (Å²) >= 11 is 0. The van der Waals surface area contributed by atoms with E-state index < -0.39 is 12.1 Å². The quantitative estimate of drug-likeness (QED) is 0.895. The van der Waals surface area contributed by atoms with Gasteiger partial charge >= 0.3 is 12.1 Å². The summed E-state index contributed by atoms with van der Waals surface area (Å²) in [5.74, 6) is -0.548. The zero-order valence-electron chi connectivity index (χ0n) is 11.1. The molecule has 20 heavy (non-hydrogen) atoms. The fraction of sp³-hybridized carbons (Fsp3) is 0.692. The van der Waals surface area contributed by atoms with Crippen molar-refractivity contribution in [1.29, 1.82) is 0 Å². The lowest BCUT2D eigenvalue weighted by Gasteiger charge is -2.19. The van der Waals surface area contributed by atoms with Crippen LogP contribution in [0.2, 0.25) is 0 Å². The monoisotopic (exact) mass is 289 g/mol. The van der Waals surface area contributed by atoms with E-state index in [1.165, 1.54) is 19.3 Å². The van der Waals surface area contributed by atoms with Crippen molar-refractivity contribution in [2.24, 2.45) is 0 Å². The predicted octanol–water partition coefficient (Wildman–Crippen LogP) is 2.68. The molecule has 0 spiro atoms. The van der Waals surface area contributed by atoms with Crippen LogP contribution in [0.3, 0.4) is 0 Å². The summed E-state index contributed by atoms with van der Waals surface area (Å²) < 4.78 is 36.0. The van der Waals surface area contributed by atoms with Gasteiger partial charge in [0.25, 0.3) is 0 Å². The number of nitrogens with one attached hydrogen (secondary N) is 2. The molecular formula is C13H18F3N3O. The number of halogens is 3. The molecule has 0 atom stereocenters. The fourth-order valence-corrected chi connectivity index (χ4v) is 2.50. The normalized spacial score (nSPS) is 17.1. The van der Waals surface area contributed by atoms with Crippen LogP contribution in [0.1, 0.15) is 49.5 Å². The van der Waals surface area contributed by atoms with Gasteiger partial charge in [0.15, 0.2) is 0 Å². The number of H-pyrrole nitrogens is 1. The first kappa shape index (κ1) is 14.9. The largest absolute Gasteiger partial charge is 0.471 e. The van der Waals surface area contributed by atoms with E-state index in [4.69, 9.17) is 0 Å². The molecule has 1 aromatic rings. The lowest BCUT2D eigenvalue weighted by Crippen LogP contribution is -2.37. The van der Waals surface area contributed by atoms with Crippen LogP contribution in [0.15, 0.2) is 6.20 Å². The molecule has 1 fully saturated rings. The second kappa shape index (κ2) is 6.28. The summed E-state index contributed by atoms with van der Waals surface area (Å²) in [5.41, 5.74) is 0.757. The number of rotatable bonds is 4. The Kier molecular flexibility index (Phi) is 4.67. The van der Waals surface area contributed by atoms with Crippen molar-refractivity contribution in [2.75, 3.05) is 6.54 Å². The SMILES string of the molecule is O=C(NCCc1cnc(C2CCCCC2)[nH]1)C(F)(F)F. The van der Waals surface area contributed by atoms with Crippen molar-refractivity contribution in [1.82, 2.24) is 15.3 Å². The number of carbonyl (C=O) groups excluding carboxylic acids is 1. The van der Waals surface area contributed by atoms with Crippen molar-refractivity contribution in [3.8, 4) is 0 Å². The molecule has 1 amide bonds. The van der Waals surface area contributed by atoms with E-state index in [9.17, 15) is 18.0 Å². The van der Waals surface area contributed by atoms with Crippen molar-refractivity contribution in [2.45, 2.75) is 50.6 Å². The first-order chi connectivity index (χ1) is 9.47. The molecule has 0 aromatic carbocycles. The Labute approximate surface area is 115 Å². The molecule has 0 unspecified atom stereocenters. The van der Waals surface area contributed by atoms with Crippen LogP contribution in [0, 0.1) is 0 Å². The molecule has 1 saturated carbocycles. The number of imidazole rings is 1. The van der Waals surface area contributed by atoms with E-state index in [1.54, 1.807) is 6.20 Å². The maximum Gasteiger partial charge on any atom is 0.471 e. The minimum Gasteiger partial charge on any atom is -0.348 e. The smallest absolute Gasteiger partial charge is 0.348 e. The molecule has 0 saturated heterocycles. The first-order valence-corrected chi connectivity index (χ1v) is 6.85. The fourth-order valence-electron chi connectivity index (χ4n) is 2.50. The topological polar surface area (TPSA) is 57.8 Å². The van der Waals surface area contributed by atoms with E-state index in [1.807, 2.05) is 5.32 Å². The lowest BCUT2D eigenvalue weighted by atomic mass is 9.89. The Morgan fingerprint density at radius 3 is 2.70 bits per heavy atom. The van der Waals surface area contributed by atoms with E-state index in [2.05, 4.69) is 9.97 Å². The highest BCUT2D eigenvalue weighted by molar-refractivity contribution is 5.81. The standard InChI is InChI=1S/C13H18F3N3O/c14-13(15,16)12(20)17-7-6-10-8-18-11(19-10)9-4-2-1-3-5-9/h8-9H,1-7H2,(H,17,20)(H,18,19). The maximum absolute atomic E-state index is 12.0.